The highest BCUT2D eigenvalue weighted by molar-refractivity contribution is 9.10. The van der Waals surface area contributed by atoms with Gasteiger partial charge in [-0.1, -0.05) is 27.6 Å². The summed E-state index contributed by atoms with van der Waals surface area (Å²) in [7, 11) is 0. The molecule has 1 fully saturated rings. The van der Waals surface area contributed by atoms with Crippen LogP contribution in [-0.4, -0.2) is 31.1 Å². The maximum Gasteiger partial charge on any atom is 0.129 e. The van der Waals surface area contributed by atoms with Gasteiger partial charge in [-0.05, 0) is 25.5 Å². The van der Waals surface area contributed by atoms with Gasteiger partial charge in [0, 0.05) is 42.3 Å². The van der Waals surface area contributed by atoms with Gasteiger partial charge in [0.1, 0.15) is 5.82 Å². The van der Waals surface area contributed by atoms with E-state index in [0.29, 0.717) is 0 Å². The average molecular weight is 327 g/mol. The summed E-state index contributed by atoms with van der Waals surface area (Å²) in [6.45, 7) is 9.82. The Hall–Kier alpha value is -0.710. The minimum Gasteiger partial charge on any atom is -0.314 e. The molecule has 0 aliphatic carbocycles. The van der Waals surface area contributed by atoms with Crippen molar-refractivity contribution in [2.24, 2.45) is 0 Å². The molecule has 4 heteroatoms. The lowest BCUT2D eigenvalue weighted by Gasteiger charge is -2.35. The van der Waals surface area contributed by atoms with Crippen LogP contribution in [0.4, 0.5) is 4.39 Å². The van der Waals surface area contributed by atoms with Crippen molar-refractivity contribution in [2.45, 2.75) is 19.4 Å². The number of hydrogen-bond acceptors (Lipinski definition) is 2. The third kappa shape index (κ3) is 3.88. The number of benzene rings is 1. The largest absolute Gasteiger partial charge is 0.314 e. The highest BCUT2D eigenvalue weighted by Gasteiger charge is 2.24. The van der Waals surface area contributed by atoms with Crippen LogP contribution in [0.1, 0.15) is 24.9 Å². The van der Waals surface area contributed by atoms with E-state index in [1.54, 1.807) is 6.07 Å². The maximum atomic E-state index is 14.2. The summed E-state index contributed by atoms with van der Waals surface area (Å²) in [5, 5.41) is 3.33. The Morgan fingerprint density at radius 3 is 2.74 bits per heavy atom. The third-order valence-corrected chi connectivity index (χ3v) is 3.95. The van der Waals surface area contributed by atoms with Crippen LogP contribution >= 0.6 is 15.9 Å². The summed E-state index contributed by atoms with van der Waals surface area (Å²) in [5.74, 6) is -0.140. The number of nitrogens with zero attached hydrogens (tertiary/aromatic N) is 1. The summed E-state index contributed by atoms with van der Waals surface area (Å²) in [6, 6.07) is 5.43. The third-order valence-electron chi connectivity index (χ3n) is 3.46. The summed E-state index contributed by atoms with van der Waals surface area (Å²) in [4.78, 5) is 2.34. The van der Waals surface area contributed by atoms with Gasteiger partial charge in [-0.3, -0.25) is 4.90 Å². The van der Waals surface area contributed by atoms with Crippen molar-refractivity contribution in [2.75, 3.05) is 26.2 Å². The van der Waals surface area contributed by atoms with E-state index in [1.807, 2.05) is 19.1 Å². The van der Waals surface area contributed by atoms with Crippen LogP contribution in [0.25, 0.3) is 0 Å². The number of rotatable bonds is 4. The number of nitrogens with one attached hydrogen (secondary N) is 1. The van der Waals surface area contributed by atoms with Crippen LogP contribution in [0.2, 0.25) is 0 Å². The van der Waals surface area contributed by atoms with Gasteiger partial charge in [0.05, 0.1) is 0 Å². The highest BCUT2D eigenvalue weighted by Crippen LogP contribution is 2.30. The van der Waals surface area contributed by atoms with E-state index in [4.69, 9.17) is 0 Å². The first kappa shape index (κ1) is 14.7. The molecule has 1 N–H and O–H groups in total. The van der Waals surface area contributed by atoms with Gasteiger partial charge in [0.15, 0.2) is 0 Å². The monoisotopic (exact) mass is 326 g/mol. The molecule has 1 aliphatic rings. The van der Waals surface area contributed by atoms with Crippen molar-refractivity contribution < 1.29 is 4.39 Å². The van der Waals surface area contributed by atoms with Gasteiger partial charge in [-0.25, -0.2) is 4.39 Å². The molecule has 0 bridgehead atoms. The van der Waals surface area contributed by atoms with Crippen LogP contribution in [0.15, 0.2) is 34.8 Å². The topological polar surface area (TPSA) is 15.3 Å². The number of halogens is 2. The Morgan fingerprint density at radius 2 is 2.16 bits per heavy atom. The second-order valence-electron chi connectivity index (χ2n) is 5.13. The first-order chi connectivity index (χ1) is 9.08. The van der Waals surface area contributed by atoms with Crippen molar-refractivity contribution in [3.63, 3.8) is 0 Å². The smallest absolute Gasteiger partial charge is 0.129 e. The summed E-state index contributed by atoms with van der Waals surface area (Å²) < 4.78 is 15.0. The molecule has 0 saturated carbocycles. The molecule has 1 aliphatic heterocycles. The number of piperazine rings is 1. The predicted molar refractivity (Wildman–Crippen MR) is 80.7 cm³/mol. The molecule has 1 aromatic carbocycles. The first-order valence-corrected chi connectivity index (χ1v) is 7.41. The molecule has 1 heterocycles. The van der Waals surface area contributed by atoms with E-state index in [9.17, 15) is 4.39 Å². The van der Waals surface area contributed by atoms with E-state index in [1.165, 1.54) is 0 Å². The standard InChI is InChI=1S/C15H20BrFN2/c1-11(2)9-15(19-7-5-18-6-8-19)13-4-3-12(16)10-14(13)17/h3-4,10,15,18H,1,5-9H2,2H3/t15-/m1/s1. The van der Waals surface area contributed by atoms with Crippen LogP contribution in [0.3, 0.4) is 0 Å². The maximum absolute atomic E-state index is 14.2. The Balaban J connectivity index is 2.27. The predicted octanol–water partition coefficient (Wildman–Crippen LogP) is 3.50. The van der Waals surface area contributed by atoms with E-state index < -0.39 is 0 Å². The lowest BCUT2D eigenvalue weighted by Crippen LogP contribution is -2.45. The van der Waals surface area contributed by atoms with Gasteiger partial charge < -0.3 is 5.32 Å². The van der Waals surface area contributed by atoms with Gasteiger partial charge in [-0.15, -0.1) is 6.58 Å². The zero-order valence-corrected chi connectivity index (χ0v) is 12.8. The molecule has 1 aromatic rings. The second-order valence-corrected chi connectivity index (χ2v) is 6.04. The Morgan fingerprint density at radius 1 is 1.47 bits per heavy atom. The molecule has 0 aromatic heterocycles. The quantitative estimate of drug-likeness (QED) is 0.852. The SMILES string of the molecule is C=C(C)C[C@H](c1ccc(Br)cc1F)N1CCNCC1. The molecule has 19 heavy (non-hydrogen) atoms. The van der Waals surface area contributed by atoms with Gasteiger partial charge in [0.25, 0.3) is 0 Å². The lowest BCUT2D eigenvalue weighted by atomic mass is 9.97. The molecule has 1 saturated heterocycles. The van der Waals surface area contributed by atoms with Crippen molar-refractivity contribution in [3.05, 3.63) is 46.2 Å². The fraction of sp³-hybridized carbons (Fsp3) is 0.467. The normalized spacial score (nSPS) is 18.3. The fourth-order valence-corrected chi connectivity index (χ4v) is 2.86. The molecular weight excluding hydrogens is 307 g/mol. The zero-order valence-electron chi connectivity index (χ0n) is 11.3. The Kier molecular flexibility index (Phi) is 5.13. The van der Waals surface area contributed by atoms with E-state index in [-0.39, 0.29) is 11.9 Å². The minimum atomic E-state index is -0.140. The molecule has 1 atom stereocenters. The van der Waals surface area contributed by atoms with E-state index in [0.717, 1.165) is 48.2 Å². The molecule has 2 rings (SSSR count). The van der Waals surface area contributed by atoms with E-state index in [2.05, 4.69) is 32.7 Å². The van der Waals surface area contributed by atoms with Crippen LogP contribution in [0.5, 0.6) is 0 Å². The van der Waals surface area contributed by atoms with Crippen LogP contribution < -0.4 is 5.32 Å². The van der Waals surface area contributed by atoms with Crippen molar-refractivity contribution in [1.82, 2.24) is 10.2 Å². The van der Waals surface area contributed by atoms with E-state index >= 15 is 0 Å². The molecule has 0 spiro atoms. The van der Waals surface area contributed by atoms with Crippen molar-refractivity contribution in [3.8, 4) is 0 Å². The molecule has 0 radical (unpaired) electrons. The zero-order chi connectivity index (χ0) is 13.8. The van der Waals surface area contributed by atoms with Crippen LogP contribution in [-0.2, 0) is 0 Å². The summed E-state index contributed by atoms with van der Waals surface area (Å²) >= 11 is 3.31. The summed E-state index contributed by atoms with van der Waals surface area (Å²) in [6.07, 6.45) is 0.804. The second kappa shape index (κ2) is 6.64. The lowest BCUT2D eigenvalue weighted by molar-refractivity contribution is 0.169. The molecule has 104 valence electrons. The van der Waals surface area contributed by atoms with Crippen molar-refractivity contribution in [1.29, 1.82) is 0 Å². The first-order valence-electron chi connectivity index (χ1n) is 6.62. The van der Waals surface area contributed by atoms with Crippen LogP contribution in [0, 0.1) is 5.82 Å². The highest BCUT2D eigenvalue weighted by atomic mass is 79.9. The van der Waals surface area contributed by atoms with Gasteiger partial charge in [0.2, 0.25) is 0 Å². The number of hydrogen-bond donors (Lipinski definition) is 1. The van der Waals surface area contributed by atoms with Gasteiger partial charge in [-0.2, -0.15) is 0 Å². The van der Waals surface area contributed by atoms with Crippen molar-refractivity contribution >= 4 is 15.9 Å². The minimum absolute atomic E-state index is 0.0905. The van der Waals surface area contributed by atoms with Gasteiger partial charge >= 0.3 is 0 Å². The average Bonchev–Trinajstić information content (AvgIpc) is 2.37. The molecule has 2 nitrogen and oxygen atoms in total. The Bertz CT molecular complexity index is 455. The summed E-state index contributed by atoms with van der Waals surface area (Å²) in [5.41, 5.74) is 1.86. The molecule has 0 amide bonds. The molecule has 0 unspecified atom stereocenters. The fourth-order valence-electron chi connectivity index (χ4n) is 2.53. The molecular formula is C15H20BrFN2. The Labute approximate surface area is 122 Å².